The summed E-state index contributed by atoms with van der Waals surface area (Å²) in [7, 11) is 0. The van der Waals surface area contributed by atoms with E-state index in [1.54, 1.807) is 12.1 Å². The smallest absolute Gasteiger partial charge is 0.137 e. The predicted molar refractivity (Wildman–Crippen MR) is 58.4 cm³/mol. The fourth-order valence-corrected chi connectivity index (χ4v) is 1.18. The van der Waals surface area contributed by atoms with E-state index < -0.39 is 0 Å². The van der Waals surface area contributed by atoms with Crippen LogP contribution in [0.2, 0.25) is 0 Å². The van der Waals surface area contributed by atoms with Crippen LogP contribution in [-0.4, -0.2) is 5.38 Å². The Morgan fingerprint density at radius 1 is 1.54 bits per heavy atom. The van der Waals surface area contributed by atoms with Crippen molar-refractivity contribution in [2.45, 2.75) is 12.3 Å². The van der Waals surface area contributed by atoms with E-state index in [1.807, 2.05) is 19.1 Å². The summed E-state index contributed by atoms with van der Waals surface area (Å²) in [6.45, 7) is 1.85. The topological polar surface area (TPSA) is 0 Å². The Kier molecular flexibility index (Phi) is 3.94. The largest absolute Gasteiger partial charge is 0.206 e. The van der Waals surface area contributed by atoms with Crippen molar-refractivity contribution in [2.75, 3.05) is 0 Å². The van der Waals surface area contributed by atoms with Gasteiger partial charge in [0, 0.05) is 5.38 Å². The van der Waals surface area contributed by atoms with Crippen LogP contribution in [0.5, 0.6) is 0 Å². The van der Waals surface area contributed by atoms with Crippen LogP contribution in [0.3, 0.4) is 0 Å². The Balaban J connectivity index is 2.85. The third kappa shape index (κ3) is 3.49. The summed E-state index contributed by atoms with van der Waals surface area (Å²) in [5.41, 5.74) is 0.813. The van der Waals surface area contributed by atoms with Gasteiger partial charge in [-0.05, 0) is 40.5 Å². The normalized spacial score (nSPS) is 13.5. The second-order valence-electron chi connectivity index (χ2n) is 2.71. The number of hydrogen-bond donors (Lipinski definition) is 0. The van der Waals surface area contributed by atoms with E-state index in [4.69, 9.17) is 11.6 Å². The Morgan fingerprint density at radius 2 is 2.23 bits per heavy atom. The van der Waals surface area contributed by atoms with Gasteiger partial charge in [-0.15, -0.1) is 11.6 Å². The summed E-state index contributed by atoms with van der Waals surface area (Å²) >= 11 is 8.79. The summed E-state index contributed by atoms with van der Waals surface area (Å²) in [6.07, 6.45) is 3.61. The van der Waals surface area contributed by atoms with Crippen molar-refractivity contribution in [3.63, 3.8) is 0 Å². The molecule has 13 heavy (non-hydrogen) atoms. The van der Waals surface area contributed by atoms with E-state index in [-0.39, 0.29) is 11.2 Å². The van der Waals surface area contributed by atoms with Crippen LogP contribution < -0.4 is 0 Å². The van der Waals surface area contributed by atoms with Crippen LogP contribution in [0.4, 0.5) is 4.39 Å². The number of hydrogen-bond acceptors (Lipinski definition) is 0. The maximum absolute atomic E-state index is 13.0. The maximum atomic E-state index is 13.0. The third-order valence-corrected chi connectivity index (χ3v) is 2.29. The van der Waals surface area contributed by atoms with Gasteiger partial charge >= 0.3 is 0 Å². The predicted octanol–water partition coefficient (Wildman–Crippen LogP) is 4.23. The second kappa shape index (κ2) is 4.77. The van der Waals surface area contributed by atoms with Gasteiger partial charge in [0.2, 0.25) is 0 Å². The van der Waals surface area contributed by atoms with Gasteiger partial charge in [0.1, 0.15) is 5.82 Å². The highest BCUT2D eigenvalue weighted by atomic mass is 79.9. The van der Waals surface area contributed by atoms with Crippen LogP contribution in [0.1, 0.15) is 12.5 Å². The lowest BCUT2D eigenvalue weighted by atomic mass is 10.2. The van der Waals surface area contributed by atoms with E-state index in [0.717, 1.165) is 5.56 Å². The monoisotopic (exact) mass is 262 g/mol. The number of benzene rings is 1. The first-order valence-corrected chi connectivity index (χ1v) is 5.10. The van der Waals surface area contributed by atoms with Gasteiger partial charge in [-0.25, -0.2) is 4.39 Å². The third-order valence-electron chi connectivity index (χ3n) is 1.50. The fraction of sp³-hybridized carbons (Fsp3) is 0.200. The van der Waals surface area contributed by atoms with Gasteiger partial charge in [-0.3, -0.25) is 0 Å². The van der Waals surface area contributed by atoms with Gasteiger partial charge in [0.05, 0.1) is 4.47 Å². The SMILES string of the molecule is CC(Cl)/C=C/c1ccc(Br)c(F)c1. The zero-order valence-corrected chi connectivity index (χ0v) is 9.44. The zero-order valence-electron chi connectivity index (χ0n) is 7.10. The van der Waals surface area contributed by atoms with Crippen molar-refractivity contribution < 1.29 is 4.39 Å². The van der Waals surface area contributed by atoms with E-state index in [2.05, 4.69) is 15.9 Å². The molecule has 1 unspecified atom stereocenters. The van der Waals surface area contributed by atoms with E-state index >= 15 is 0 Å². The molecule has 0 aliphatic carbocycles. The molecule has 70 valence electrons. The number of halogens is 3. The Bertz CT molecular complexity index is 321. The molecule has 0 spiro atoms. The molecule has 0 heterocycles. The van der Waals surface area contributed by atoms with Gasteiger partial charge in [-0.2, -0.15) is 0 Å². The summed E-state index contributed by atoms with van der Waals surface area (Å²) in [6, 6.07) is 4.96. The summed E-state index contributed by atoms with van der Waals surface area (Å²) in [5.74, 6) is -0.260. The Hall–Kier alpha value is -0.340. The molecule has 3 heteroatoms. The van der Waals surface area contributed by atoms with E-state index in [1.165, 1.54) is 6.07 Å². The molecule has 1 atom stereocenters. The molecule has 0 aliphatic heterocycles. The molecule has 0 radical (unpaired) electrons. The first kappa shape index (κ1) is 10.7. The van der Waals surface area contributed by atoms with Crippen LogP contribution in [0.25, 0.3) is 6.08 Å². The molecule has 0 fully saturated rings. The summed E-state index contributed by atoms with van der Waals surface area (Å²) in [4.78, 5) is 0. The molecule has 0 bridgehead atoms. The molecular weight excluding hydrogens is 254 g/mol. The highest BCUT2D eigenvalue weighted by molar-refractivity contribution is 9.10. The molecule has 0 amide bonds. The fourth-order valence-electron chi connectivity index (χ4n) is 0.860. The molecule has 0 saturated carbocycles. The van der Waals surface area contributed by atoms with Crippen LogP contribution in [0, 0.1) is 5.82 Å². The van der Waals surface area contributed by atoms with Crippen molar-refractivity contribution in [1.82, 2.24) is 0 Å². The van der Waals surface area contributed by atoms with Gasteiger partial charge < -0.3 is 0 Å². The standard InChI is InChI=1S/C10H9BrClF/c1-7(12)2-3-8-4-5-9(11)10(13)6-8/h2-7H,1H3/b3-2+. The summed E-state index contributed by atoms with van der Waals surface area (Å²) in [5, 5.41) is -0.0355. The lowest BCUT2D eigenvalue weighted by Gasteiger charge is -1.97. The van der Waals surface area contributed by atoms with Crippen LogP contribution in [0.15, 0.2) is 28.7 Å². The molecule has 0 N–H and O–H groups in total. The maximum Gasteiger partial charge on any atom is 0.137 e. The molecule has 1 aromatic carbocycles. The number of alkyl halides is 1. The summed E-state index contributed by atoms with van der Waals surface area (Å²) < 4.78 is 13.5. The molecule has 0 aromatic heterocycles. The second-order valence-corrected chi connectivity index (χ2v) is 4.25. The van der Waals surface area contributed by atoms with Crippen molar-refractivity contribution in [1.29, 1.82) is 0 Å². The molecule has 1 aromatic rings. The average Bonchev–Trinajstić information content (AvgIpc) is 2.07. The minimum atomic E-state index is -0.260. The number of allylic oxidation sites excluding steroid dienone is 1. The quantitative estimate of drug-likeness (QED) is 0.701. The zero-order chi connectivity index (χ0) is 9.84. The molecular formula is C10H9BrClF. The Morgan fingerprint density at radius 3 is 2.77 bits per heavy atom. The highest BCUT2D eigenvalue weighted by Crippen LogP contribution is 2.17. The first-order valence-electron chi connectivity index (χ1n) is 3.87. The average molecular weight is 264 g/mol. The highest BCUT2D eigenvalue weighted by Gasteiger charge is 1.97. The minimum absolute atomic E-state index is 0.0355. The van der Waals surface area contributed by atoms with Crippen molar-refractivity contribution in [3.8, 4) is 0 Å². The minimum Gasteiger partial charge on any atom is -0.206 e. The number of rotatable bonds is 2. The van der Waals surface area contributed by atoms with Gasteiger partial charge in [-0.1, -0.05) is 18.2 Å². The van der Waals surface area contributed by atoms with Gasteiger partial charge in [0.25, 0.3) is 0 Å². The van der Waals surface area contributed by atoms with E-state index in [9.17, 15) is 4.39 Å². The van der Waals surface area contributed by atoms with Gasteiger partial charge in [0.15, 0.2) is 0 Å². The molecule has 0 saturated heterocycles. The molecule has 0 nitrogen and oxygen atoms in total. The van der Waals surface area contributed by atoms with Crippen molar-refractivity contribution >= 4 is 33.6 Å². The first-order chi connectivity index (χ1) is 6.09. The van der Waals surface area contributed by atoms with Crippen molar-refractivity contribution in [2.24, 2.45) is 0 Å². The van der Waals surface area contributed by atoms with Crippen molar-refractivity contribution in [3.05, 3.63) is 40.1 Å². The lowest BCUT2D eigenvalue weighted by Crippen LogP contribution is -1.82. The molecule has 0 aliphatic rings. The van der Waals surface area contributed by atoms with Crippen LogP contribution in [-0.2, 0) is 0 Å². The van der Waals surface area contributed by atoms with E-state index in [0.29, 0.717) is 4.47 Å². The Labute approximate surface area is 90.5 Å². The lowest BCUT2D eigenvalue weighted by molar-refractivity contribution is 0.621. The van der Waals surface area contributed by atoms with Crippen LogP contribution >= 0.6 is 27.5 Å². The molecule has 1 rings (SSSR count).